The maximum Gasteiger partial charge on any atom is 0.410 e. The maximum absolute atomic E-state index is 13.2. The van der Waals surface area contributed by atoms with Crippen LogP contribution in [0.2, 0.25) is 0 Å². The number of carbonyl (C=O) groups is 3. The molecule has 0 aromatic rings. The van der Waals surface area contributed by atoms with Crippen molar-refractivity contribution in [3.8, 4) is 0 Å². The van der Waals surface area contributed by atoms with Crippen LogP contribution in [-0.2, 0) is 19.1 Å². The minimum atomic E-state index is -0.656. The molecule has 0 spiro atoms. The summed E-state index contributed by atoms with van der Waals surface area (Å²) in [6, 6.07) is 0. The molecular formula is C18H27N3O5. The molecule has 1 saturated heterocycles. The highest BCUT2D eigenvalue weighted by Gasteiger charge is 2.36. The average Bonchev–Trinajstić information content (AvgIpc) is 3.27. The number of hydrogen-bond donors (Lipinski definition) is 0. The zero-order valence-corrected chi connectivity index (χ0v) is 15.9. The van der Waals surface area contributed by atoms with Gasteiger partial charge in [0.15, 0.2) is 0 Å². The molecule has 8 heteroatoms. The number of hydrogen-bond acceptors (Lipinski definition) is 7. The predicted octanol–water partition coefficient (Wildman–Crippen LogP) is 0.996. The fraction of sp³-hybridized carbons (Fsp3) is 0.611. The summed E-state index contributed by atoms with van der Waals surface area (Å²) in [7, 11) is 4.78. The van der Waals surface area contributed by atoms with Crippen LogP contribution in [0.4, 0.5) is 4.79 Å². The SMILES string of the molecule is CCOC(=O)C(=CN(C)C)C(=O)C1=C(N2CCCC2)CN(C(=O)OC)C1. The van der Waals surface area contributed by atoms with Gasteiger partial charge in [-0.15, -0.1) is 0 Å². The van der Waals surface area contributed by atoms with E-state index in [1.54, 1.807) is 25.9 Å². The van der Waals surface area contributed by atoms with Crippen molar-refractivity contribution in [2.75, 3.05) is 54.0 Å². The van der Waals surface area contributed by atoms with Crippen LogP contribution in [0.1, 0.15) is 19.8 Å². The minimum absolute atomic E-state index is 0.0322. The Morgan fingerprint density at radius 3 is 2.35 bits per heavy atom. The van der Waals surface area contributed by atoms with Crippen molar-refractivity contribution in [1.29, 1.82) is 0 Å². The van der Waals surface area contributed by atoms with Gasteiger partial charge >= 0.3 is 12.1 Å². The van der Waals surface area contributed by atoms with Crippen LogP contribution < -0.4 is 0 Å². The number of rotatable bonds is 6. The number of nitrogens with zero attached hydrogens (tertiary/aromatic N) is 3. The quantitative estimate of drug-likeness (QED) is 0.301. The molecule has 0 aliphatic carbocycles. The summed E-state index contributed by atoms with van der Waals surface area (Å²) in [5.74, 6) is -1.05. The zero-order valence-electron chi connectivity index (χ0n) is 15.9. The monoisotopic (exact) mass is 365 g/mol. The van der Waals surface area contributed by atoms with Crippen LogP contribution in [0.5, 0.6) is 0 Å². The molecule has 0 saturated carbocycles. The smallest absolute Gasteiger partial charge is 0.410 e. The van der Waals surface area contributed by atoms with Crippen LogP contribution in [0.25, 0.3) is 0 Å². The average molecular weight is 365 g/mol. The molecule has 2 aliphatic rings. The standard InChI is InChI=1S/C18H27N3O5/c1-5-26-17(23)14(10-19(2)3)16(22)13-11-21(18(24)25-4)12-15(13)20-8-6-7-9-20/h10H,5-9,11-12H2,1-4H3. The van der Waals surface area contributed by atoms with Crippen LogP contribution in [0.3, 0.4) is 0 Å². The molecule has 2 rings (SSSR count). The predicted molar refractivity (Wildman–Crippen MR) is 95.2 cm³/mol. The first kappa shape index (κ1) is 19.8. The summed E-state index contributed by atoms with van der Waals surface area (Å²) < 4.78 is 9.85. The number of carbonyl (C=O) groups excluding carboxylic acids is 3. The van der Waals surface area contributed by atoms with E-state index in [4.69, 9.17) is 9.47 Å². The van der Waals surface area contributed by atoms with E-state index in [0.717, 1.165) is 31.6 Å². The summed E-state index contributed by atoms with van der Waals surface area (Å²) in [6.07, 6.45) is 3.07. The molecule has 144 valence electrons. The van der Waals surface area contributed by atoms with Crippen molar-refractivity contribution < 1.29 is 23.9 Å². The first-order valence-corrected chi connectivity index (χ1v) is 8.79. The molecule has 26 heavy (non-hydrogen) atoms. The largest absolute Gasteiger partial charge is 0.462 e. The third-order valence-electron chi connectivity index (χ3n) is 4.36. The Balaban J connectivity index is 2.37. The van der Waals surface area contributed by atoms with Gasteiger partial charge in [0.05, 0.1) is 26.8 Å². The van der Waals surface area contributed by atoms with Crippen LogP contribution >= 0.6 is 0 Å². The van der Waals surface area contributed by atoms with E-state index in [1.807, 2.05) is 0 Å². The highest BCUT2D eigenvalue weighted by atomic mass is 16.5. The van der Waals surface area contributed by atoms with Gasteiger partial charge in [0, 0.05) is 44.7 Å². The third-order valence-corrected chi connectivity index (χ3v) is 4.36. The Kier molecular flexibility index (Phi) is 6.65. The van der Waals surface area contributed by atoms with Crippen LogP contribution in [-0.4, -0.2) is 86.5 Å². The number of Topliss-reactive ketones (excluding diaryl/α,β-unsaturated/α-hetero) is 1. The molecule has 0 atom stereocenters. The molecule has 0 aromatic heterocycles. The highest BCUT2D eigenvalue weighted by Crippen LogP contribution is 2.27. The summed E-state index contributed by atoms with van der Waals surface area (Å²) in [5, 5.41) is 0. The first-order chi connectivity index (χ1) is 12.4. The minimum Gasteiger partial charge on any atom is -0.462 e. The maximum atomic E-state index is 13.2. The highest BCUT2D eigenvalue weighted by molar-refractivity contribution is 6.24. The number of esters is 1. The van der Waals surface area contributed by atoms with E-state index in [1.165, 1.54) is 18.2 Å². The number of amides is 1. The van der Waals surface area contributed by atoms with Crippen molar-refractivity contribution in [2.24, 2.45) is 0 Å². The molecule has 0 unspecified atom stereocenters. The van der Waals surface area contributed by atoms with E-state index < -0.39 is 17.8 Å². The van der Waals surface area contributed by atoms with Gasteiger partial charge in [-0.1, -0.05) is 0 Å². The van der Waals surface area contributed by atoms with E-state index in [9.17, 15) is 14.4 Å². The van der Waals surface area contributed by atoms with Crippen molar-refractivity contribution in [1.82, 2.24) is 14.7 Å². The van der Waals surface area contributed by atoms with Gasteiger partial charge in [-0.3, -0.25) is 9.69 Å². The van der Waals surface area contributed by atoms with E-state index in [2.05, 4.69) is 4.90 Å². The summed E-state index contributed by atoms with van der Waals surface area (Å²) in [6.45, 7) is 4.00. The zero-order chi connectivity index (χ0) is 19.3. The van der Waals surface area contributed by atoms with E-state index in [0.29, 0.717) is 12.1 Å². The molecule has 0 aromatic carbocycles. The second-order valence-corrected chi connectivity index (χ2v) is 6.50. The number of ketones is 1. The van der Waals surface area contributed by atoms with E-state index >= 15 is 0 Å². The molecule has 1 fully saturated rings. The van der Waals surface area contributed by atoms with Gasteiger partial charge < -0.3 is 19.3 Å². The van der Waals surface area contributed by atoms with Gasteiger partial charge in [0.1, 0.15) is 5.57 Å². The Bertz CT molecular complexity index is 633. The first-order valence-electron chi connectivity index (χ1n) is 8.79. The second-order valence-electron chi connectivity index (χ2n) is 6.50. The summed E-state index contributed by atoms with van der Waals surface area (Å²) in [4.78, 5) is 42.6. The van der Waals surface area contributed by atoms with Crippen LogP contribution in [0, 0.1) is 0 Å². The van der Waals surface area contributed by atoms with E-state index in [-0.39, 0.29) is 18.7 Å². The van der Waals surface area contributed by atoms with Crippen molar-refractivity contribution in [3.05, 3.63) is 23.0 Å². The Morgan fingerprint density at radius 1 is 1.15 bits per heavy atom. The van der Waals surface area contributed by atoms with Crippen LogP contribution in [0.15, 0.2) is 23.0 Å². The lowest BCUT2D eigenvalue weighted by molar-refractivity contribution is -0.139. The van der Waals surface area contributed by atoms with Crippen molar-refractivity contribution >= 4 is 17.8 Å². The summed E-state index contributed by atoms with van der Waals surface area (Å²) in [5.41, 5.74) is 1.22. The van der Waals surface area contributed by atoms with Gasteiger partial charge in [-0.05, 0) is 19.8 Å². The lowest BCUT2D eigenvalue weighted by Crippen LogP contribution is -2.31. The lowest BCUT2D eigenvalue weighted by Gasteiger charge is -2.21. The Hall–Kier alpha value is -2.51. The number of likely N-dealkylation sites (tertiary alicyclic amines) is 1. The van der Waals surface area contributed by atoms with Gasteiger partial charge in [0.25, 0.3) is 0 Å². The second kappa shape index (κ2) is 8.73. The molecular weight excluding hydrogens is 338 g/mol. The molecule has 1 amide bonds. The van der Waals surface area contributed by atoms with Gasteiger partial charge in [0.2, 0.25) is 5.78 Å². The third kappa shape index (κ3) is 4.36. The fourth-order valence-electron chi connectivity index (χ4n) is 3.19. The molecule has 2 aliphatic heterocycles. The molecule has 0 bridgehead atoms. The Morgan fingerprint density at radius 2 is 1.81 bits per heavy atom. The van der Waals surface area contributed by atoms with Gasteiger partial charge in [-0.2, -0.15) is 0 Å². The normalized spacial score (nSPS) is 17.6. The van der Waals surface area contributed by atoms with Gasteiger partial charge in [-0.25, -0.2) is 9.59 Å². The molecule has 0 N–H and O–H groups in total. The fourth-order valence-corrected chi connectivity index (χ4v) is 3.19. The summed E-state index contributed by atoms with van der Waals surface area (Å²) >= 11 is 0. The molecule has 8 nitrogen and oxygen atoms in total. The topological polar surface area (TPSA) is 79.4 Å². The molecule has 2 heterocycles. The number of ether oxygens (including phenoxy) is 2. The Labute approximate surface area is 154 Å². The lowest BCUT2D eigenvalue weighted by atomic mass is 10.0. The number of methoxy groups -OCH3 is 1. The molecule has 0 radical (unpaired) electrons. The van der Waals surface area contributed by atoms with Crippen molar-refractivity contribution in [2.45, 2.75) is 19.8 Å². The van der Waals surface area contributed by atoms with Crippen molar-refractivity contribution in [3.63, 3.8) is 0 Å².